The minimum Gasteiger partial charge on any atom is -0.494 e. The van der Waals surface area contributed by atoms with Crippen LogP contribution in [0.4, 0.5) is 16.2 Å². The van der Waals surface area contributed by atoms with Crippen LogP contribution in [0, 0.1) is 0 Å². The Bertz CT molecular complexity index is 986. The SMILES string of the molecule is CCNC(=O)Nc1cccc(NC(=O)c2csc(-c3ccc(OCC)cc3)n2)c1. The molecule has 7 nitrogen and oxygen atoms in total. The number of ether oxygens (including phenoxy) is 1. The van der Waals surface area contributed by atoms with Crippen molar-refractivity contribution in [3.63, 3.8) is 0 Å². The molecule has 8 heteroatoms. The Morgan fingerprint density at radius 2 is 1.76 bits per heavy atom. The number of hydrogen-bond acceptors (Lipinski definition) is 5. The van der Waals surface area contributed by atoms with E-state index in [0.29, 0.717) is 30.2 Å². The molecule has 29 heavy (non-hydrogen) atoms. The van der Waals surface area contributed by atoms with Gasteiger partial charge in [-0.2, -0.15) is 0 Å². The van der Waals surface area contributed by atoms with Crippen molar-refractivity contribution in [2.45, 2.75) is 13.8 Å². The monoisotopic (exact) mass is 410 g/mol. The summed E-state index contributed by atoms with van der Waals surface area (Å²) >= 11 is 1.40. The second-order valence-electron chi connectivity index (χ2n) is 6.01. The lowest BCUT2D eigenvalue weighted by Gasteiger charge is -2.08. The van der Waals surface area contributed by atoms with E-state index in [1.165, 1.54) is 11.3 Å². The number of hydrogen-bond donors (Lipinski definition) is 3. The zero-order valence-corrected chi connectivity index (χ0v) is 17.0. The summed E-state index contributed by atoms with van der Waals surface area (Å²) in [5.74, 6) is 0.487. The van der Waals surface area contributed by atoms with Crippen molar-refractivity contribution >= 4 is 34.6 Å². The molecule has 0 aliphatic rings. The number of nitrogens with zero attached hydrogens (tertiary/aromatic N) is 1. The van der Waals surface area contributed by atoms with Gasteiger partial charge in [0.25, 0.3) is 5.91 Å². The maximum Gasteiger partial charge on any atom is 0.319 e. The molecule has 1 heterocycles. The second kappa shape index (κ2) is 9.70. The number of thiazole rings is 1. The lowest BCUT2D eigenvalue weighted by Crippen LogP contribution is -2.28. The number of aromatic nitrogens is 1. The molecule has 0 unspecified atom stereocenters. The number of carbonyl (C=O) groups is 2. The first-order valence-corrected chi connectivity index (χ1v) is 10.1. The first-order valence-electron chi connectivity index (χ1n) is 9.24. The summed E-state index contributed by atoms with van der Waals surface area (Å²) in [6.07, 6.45) is 0. The molecular weight excluding hydrogens is 388 g/mol. The van der Waals surface area contributed by atoms with E-state index >= 15 is 0 Å². The molecule has 0 saturated carbocycles. The molecule has 3 rings (SSSR count). The van der Waals surface area contributed by atoms with Crippen molar-refractivity contribution in [2.24, 2.45) is 0 Å². The highest BCUT2D eigenvalue weighted by Crippen LogP contribution is 2.26. The van der Waals surface area contributed by atoms with Gasteiger partial charge in [-0.3, -0.25) is 4.79 Å². The molecule has 2 aromatic carbocycles. The molecule has 3 aromatic rings. The number of urea groups is 1. The van der Waals surface area contributed by atoms with E-state index in [2.05, 4.69) is 20.9 Å². The van der Waals surface area contributed by atoms with Gasteiger partial charge in [-0.25, -0.2) is 9.78 Å². The normalized spacial score (nSPS) is 10.3. The van der Waals surface area contributed by atoms with Crippen molar-refractivity contribution in [1.82, 2.24) is 10.3 Å². The molecule has 1 aromatic heterocycles. The van der Waals surface area contributed by atoms with Gasteiger partial charge in [0, 0.05) is 28.9 Å². The van der Waals surface area contributed by atoms with Crippen LogP contribution in [0.25, 0.3) is 10.6 Å². The molecule has 0 spiro atoms. The number of amides is 3. The third-order valence-corrected chi connectivity index (χ3v) is 4.76. The van der Waals surface area contributed by atoms with Crippen molar-refractivity contribution in [3.8, 4) is 16.3 Å². The van der Waals surface area contributed by atoms with Gasteiger partial charge in [0.15, 0.2) is 0 Å². The fourth-order valence-corrected chi connectivity index (χ4v) is 3.38. The molecule has 0 fully saturated rings. The molecule has 3 N–H and O–H groups in total. The van der Waals surface area contributed by atoms with Crippen LogP contribution in [0.15, 0.2) is 53.9 Å². The second-order valence-corrected chi connectivity index (χ2v) is 6.87. The van der Waals surface area contributed by atoms with E-state index in [0.717, 1.165) is 16.3 Å². The quantitative estimate of drug-likeness (QED) is 0.531. The summed E-state index contributed by atoms with van der Waals surface area (Å²) in [7, 11) is 0. The molecule has 0 bridgehead atoms. The van der Waals surface area contributed by atoms with Crippen molar-refractivity contribution in [3.05, 3.63) is 59.6 Å². The standard InChI is InChI=1S/C21H22N4O3S/c1-3-22-21(27)24-16-7-5-6-15(12-16)23-19(26)18-13-29-20(25-18)14-8-10-17(11-9-14)28-4-2/h5-13H,3-4H2,1-2H3,(H,23,26)(H2,22,24,27). The summed E-state index contributed by atoms with van der Waals surface area (Å²) in [5, 5.41) is 10.6. The van der Waals surface area contributed by atoms with Crippen LogP contribution in [-0.2, 0) is 0 Å². The van der Waals surface area contributed by atoms with Gasteiger partial charge in [0.05, 0.1) is 6.61 Å². The first-order chi connectivity index (χ1) is 14.1. The molecule has 0 aliphatic heterocycles. The average Bonchev–Trinajstić information content (AvgIpc) is 3.20. The van der Waals surface area contributed by atoms with Crippen LogP contribution in [-0.4, -0.2) is 30.1 Å². The predicted octanol–water partition coefficient (Wildman–Crippen LogP) is 4.60. The predicted molar refractivity (Wildman–Crippen MR) is 116 cm³/mol. The fourth-order valence-electron chi connectivity index (χ4n) is 2.58. The third-order valence-electron chi connectivity index (χ3n) is 3.86. The highest BCUT2D eigenvalue weighted by molar-refractivity contribution is 7.13. The number of carbonyl (C=O) groups excluding carboxylic acids is 2. The number of rotatable bonds is 7. The minimum absolute atomic E-state index is 0.296. The highest BCUT2D eigenvalue weighted by atomic mass is 32.1. The van der Waals surface area contributed by atoms with Crippen LogP contribution in [0.3, 0.4) is 0 Å². The van der Waals surface area contributed by atoms with Crippen LogP contribution in [0.5, 0.6) is 5.75 Å². The van der Waals surface area contributed by atoms with Crippen LogP contribution in [0.1, 0.15) is 24.3 Å². The summed E-state index contributed by atoms with van der Waals surface area (Å²) in [6.45, 7) is 4.92. The van der Waals surface area contributed by atoms with Gasteiger partial charge in [0.1, 0.15) is 16.5 Å². The van der Waals surface area contributed by atoms with Crippen LogP contribution in [0.2, 0.25) is 0 Å². The number of anilines is 2. The zero-order valence-electron chi connectivity index (χ0n) is 16.2. The zero-order chi connectivity index (χ0) is 20.6. The van der Waals surface area contributed by atoms with Gasteiger partial charge in [-0.1, -0.05) is 6.07 Å². The first kappa shape index (κ1) is 20.3. The lowest BCUT2D eigenvalue weighted by atomic mass is 10.2. The molecule has 0 saturated heterocycles. The minimum atomic E-state index is -0.311. The molecule has 0 atom stereocenters. The Morgan fingerprint density at radius 1 is 1.03 bits per heavy atom. The molecule has 0 aliphatic carbocycles. The Hall–Kier alpha value is -3.39. The Kier molecular flexibility index (Phi) is 6.80. The van der Waals surface area contributed by atoms with Gasteiger partial charge in [-0.05, 0) is 56.3 Å². The lowest BCUT2D eigenvalue weighted by molar-refractivity contribution is 0.102. The van der Waals surface area contributed by atoms with E-state index in [1.807, 2.05) is 38.1 Å². The Labute approximate surface area is 173 Å². The van der Waals surface area contributed by atoms with E-state index in [9.17, 15) is 9.59 Å². The van der Waals surface area contributed by atoms with Crippen molar-refractivity contribution < 1.29 is 14.3 Å². The number of benzene rings is 2. The molecular formula is C21H22N4O3S. The third kappa shape index (κ3) is 5.55. The maximum atomic E-state index is 12.5. The molecule has 0 radical (unpaired) electrons. The summed E-state index contributed by atoms with van der Waals surface area (Å²) in [6, 6.07) is 14.2. The van der Waals surface area contributed by atoms with E-state index in [1.54, 1.807) is 29.6 Å². The summed E-state index contributed by atoms with van der Waals surface area (Å²) in [5.41, 5.74) is 2.41. The smallest absolute Gasteiger partial charge is 0.319 e. The van der Waals surface area contributed by atoms with Gasteiger partial charge < -0.3 is 20.7 Å². The van der Waals surface area contributed by atoms with Gasteiger partial charge in [-0.15, -0.1) is 11.3 Å². The Morgan fingerprint density at radius 3 is 2.45 bits per heavy atom. The fraction of sp³-hybridized carbons (Fsp3) is 0.190. The van der Waals surface area contributed by atoms with Crippen LogP contribution >= 0.6 is 11.3 Å². The summed E-state index contributed by atoms with van der Waals surface area (Å²) < 4.78 is 5.44. The maximum absolute atomic E-state index is 12.5. The molecule has 150 valence electrons. The van der Waals surface area contributed by atoms with E-state index in [4.69, 9.17) is 4.74 Å². The van der Waals surface area contributed by atoms with E-state index < -0.39 is 0 Å². The van der Waals surface area contributed by atoms with Crippen LogP contribution < -0.4 is 20.7 Å². The topological polar surface area (TPSA) is 92.4 Å². The summed E-state index contributed by atoms with van der Waals surface area (Å²) in [4.78, 5) is 28.6. The van der Waals surface area contributed by atoms with Crippen molar-refractivity contribution in [1.29, 1.82) is 0 Å². The van der Waals surface area contributed by atoms with Gasteiger partial charge in [0.2, 0.25) is 0 Å². The van der Waals surface area contributed by atoms with Crippen molar-refractivity contribution in [2.75, 3.05) is 23.8 Å². The number of nitrogens with one attached hydrogen (secondary N) is 3. The Balaban J connectivity index is 1.66. The van der Waals surface area contributed by atoms with E-state index in [-0.39, 0.29) is 11.9 Å². The largest absolute Gasteiger partial charge is 0.494 e. The average molecular weight is 410 g/mol. The van der Waals surface area contributed by atoms with Gasteiger partial charge >= 0.3 is 6.03 Å². The highest BCUT2D eigenvalue weighted by Gasteiger charge is 2.13. The molecule has 3 amide bonds.